The minimum Gasteiger partial charge on any atom is -0.465 e. The summed E-state index contributed by atoms with van der Waals surface area (Å²) in [6.45, 7) is 2.66. The van der Waals surface area contributed by atoms with E-state index in [0.29, 0.717) is 0 Å². The third-order valence-corrected chi connectivity index (χ3v) is 4.49. The minimum absolute atomic E-state index is 0.216. The van der Waals surface area contributed by atoms with Crippen molar-refractivity contribution >= 4 is 16.0 Å². The topological polar surface area (TPSA) is 83.9 Å². The summed E-state index contributed by atoms with van der Waals surface area (Å²) in [7, 11) is -1.81. The molecule has 0 radical (unpaired) electrons. The van der Waals surface area contributed by atoms with Gasteiger partial charge in [0.1, 0.15) is 5.82 Å². The van der Waals surface area contributed by atoms with Crippen molar-refractivity contribution in [2.24, 2.45) is 0 Å². The summed E-state index contributed by atoms with van der Waals surface area (Å²) in [5, 5.41) is 9.71. The first-order valence-corrected chi connectivity index (χ1v) is 7.49. The number of aliphatic hydroxyl groups is 1. The number of nitrogens with zero attached hydrogens (tertiary/aromatic N) is 1. The number of carbonyl (C=O) groups is 1. The van der Waals surface area contributed by atoms with Gasteiger partial charge in [-0.15, -0.1) is 0 Å². The Morgan fingerprint density at radius 3 is 2.48 bits per heavy atom. The lowest BCUT2D eigenvalue weighted by molar-refractivity contribution is 0.0595. The highest BCUT2D eigenvalue weighted by Gasteiger charge is 2.30. The molecule has 0 aliphatic heterocycles. The first kappa shape index (κ1) is 17.5. The van der Waals surface area contributed by atoms with Crippen molar-refractivity contribution in [1.82, 2.24) is 4.31 Å². The number of benzene rings is 1. The predicted octanol–water partition coefficient (Wildman–Crippen LogP) is 1.00. The van der Waals surface area contributed by atoms with Crippen molar-refractivity contribution in [2.75, 3.05) is 20.7 Å². The fourth-order valence-electron chi connectivity index (χ4n) is 1.79. The van der Waals surface area contributed by atoms with Gasteiger partial charge in [0, 0.05) is 13.6 Å². The second-order valence-electron chi connectivity index (χ2n) is 5.21. The third kappa shape index (κ3) is 4.23. The van der Waals surface area contributed by atoms with E-state index in [1.165, 1.54) is 20.9 Å². The molecule has 6 nitrogen and oxygen atoms in total. The molecule has 0 amide bonds. The lowest BCUT2D eigenvalue weighted by atomic mass is 10.1. The number of likely N-dealkylation sites (N-methyl/N-ethyl adjacent to an activating group) is 1. The van der Waals surface area contributed by atoms with Crippen LogP contribution in [0.25, 0.3) is 0 Å². The Morgan fingerprint density at radius 2 is 2.00 bits per heavy atom. The first-order valence-electron chi connectivity index (χ1n) is 6.05. The van der Waals surface area contributed by atoms with Crippen LogP contribution in [0.1, 0.15) is 24.2 Å². The van der Waals surface area contributed by atoms with Crippen molar-refractivity contribution < 1.29 is 27.4 Å². The van der Waals surface area contributed by atoms with E-state index in [4.69, 9.17) is 0 Å². The highest BCUT2D eigenvalue weighted by Crippen LogP contribution is 2.22. The number of halogens is 1. The molecule has 0 atom stereocenters. The minimum atomic E-state index is -4.15. The fraction of sp³-hybridized carbons (Fsp3) is 0.462. The molecule has 0 fully saturated rings. The molecule has 1 aromatic rings. The molecule has 21 heavy (non-hydrogen) atoms. The lowest BCUT2D eigenvalue weighted by Crippen LogP contribution is -2.40. The standard InChI is InChI=1S/C13H18FNO5S/c1-13(2,17)8-15(3)21(18,19)11-7-9(14)5-6-10(11)12(16)20-4/h5-7,17H,8H2,1-4H3. The van der Waals surface area contributed by atoms with Crippen molar-refractivity contribution in [3.05, 3.63) is 29.6 Å². The molecule has 118 valence electrons. The van der Waals surface area contributed by atoms with Crippen LogP contribution < -0.4 is 0 Å². The summed E-state index contributed by atoms with van der Waals surface area (Å²) in [5.41, 5.74) is -1.54. The largest absolute Gasteiger partial charge is 0.465 e. The van der Waals surface area contributed by atoms with Crippen molar-refractivity contribution in [3.8, 4) is 0 Å². The number of ether oxygens (including phenoxy) is 1. The molecular formula is C13H18FNO5S. The van der Waals surface area contributed by atoms with Crippen molar-refractivity contribution in [3.63, 3.8) is 0 Å². The summed E-state index contributed by atoms with van der Waals surface area (Å²) >= 11 is 0. The zero-order valence-corrected chi connectivity index (χ0v) is 13.1. The maximum absolute atomic E-state index is 13.4. The van der Waals surface area contributed by atoms with E-state index in [-0.39, 0.29) is 12.1 Å². The van der Waals surface area contributed by atoms with Gasteiger partial charge in [-0.05, 0) is 32.0 Å². The number of hydrogen-bond donors (Lipinski definition) is 1. The number of sulfonamides is 1. The third-order valence-electron chi connectivity index (χ3n) is 2.65. The number of hydrogen-bond acceptors (Lipinski definition) is 5. The Labute approximate surface area is 123 Å². The Kier molecular flexibility index (Phi) is 5.08. The van der Waals surface area contributed by atoms with Crippen LogP contribution in [-0.2, 0) is 14.8 Å². The second-order valence-corrected chi connectivity index (χ2v) is 7.22. The SMILES string of the molecule is COC(=O)c1ccc(F)cc1S(=O)(=O)N(C)CC(C)(C)O. The summed E-state index contributed by atoms with van der Waals surface area (Å²) in [6.07, 6.45) is 0. The van der Waals surface area contributed by atoms with E-state index in [2.05, 4.69) is 4.74 Å². The molecule has 8 heteroatoms. The molecule has 0 heterocycles. The van der Waals surface area contributed by atoms with Crippen LogP contribution in [0, 0.1) is 5.82 Å². The normalized spacial score (nSPS) is 12.5. The maximum atomic E-state index is 13.4. The molecule has 0 spiro atoms. The monoisotopic (exact) mass is 319 g/mol. The van der Waals surface area contributed by atoms with Crippen LogP contribution in [0.4, 0.5) is 4.39 Å². The second kappa shape index (κ2) is 6.08. The van der Waals surface area contributed by atoms with Crippen molar-refractivity contribution in [1.29, 1.82) is 0 Å². The van der Waals surface area contributed by atoms with Gasteiger partial charge in [0.15, 0.2) is 0 Å². The van der Waals surface area contributed by atoms with E-state index in [0.717, 1.165) is 29.6 Å². The van der Waals surface area contributed by atoms with Gasteiger partial charge >= 0.3 is 5.97 Å². The first-order chi connectivity index (χ1) is 9.49. The van der Waals surface area contributed by atoms with Crippen LogP contribution in [0.5, 0.6) is 0 Å². The molecule has 0 saturated carbocycles. The van der Waals surface area contributed by atoms with Crippen LogP contribution >= 0.6 is 0 Å². The molecular weight excluding hydrogens is 301 g/mol. The Hall–Kier alpha value is -1.51. The molecule has 0 unspecified atom stereocenters. The van der Waals surface area contributed by atoms with E-state index in [1.807, 2.05) is 0 Å². The van der Waals surface area contributed by atoms with Gasteiger partial charge in [-0.1, -0.05) is 0 Å². The van der Waals surface area contributed by atoms with Crippen LogP contribution in [0.2, 0.25) is 0 Å². The van der Waals surface area contributed by atoms with Gasteiger partial charge in [0.25, 0.3) is 0 Å². The summed E-state index contributed by atoms with van der Waals surface area (Å²) < 4.78 is 43.6. The van der Waals surface area contributed by atoms with Crippen LogP contribution in [-0.4, -0.2) is 50.1 Å². The van der Waals surface area contributed by atoms with E-state index < -0.39 is 32.3 Å². The van der Waals surface area contributed by atoms with E-state index in [9.17, 15) is 22.7 Å². The summed E-state index contributed by atoms with van der Waals surface area (Å²) in [5.74, 6) is -1.68. The lowest BCUT2D eigenvalue weighted by Gasteiger charge is -2.25. The van der Waals surface area contributed by atoms with Gasteiger partial charge < -0.3 is 9.84 Å². The summed E-state index contributed by atoms with van der Waals surface area (Å²) in [4.78, 5) is 11.1. The molecule has 0 saturated heterocycles. The number of esters is 1. The van der Waals surface area contributed by atoms with Crippen LogP contribution in [0.3, 0.4) is 0 Å². The smallest absolute Gasteiger partial charge is 0.339 e. The average molecular weight is 319 g/mol. The Morgan fingerprint density at radius 1 is 1.43 bits per heavy atom. The van der Waals surface area contributed by atoms with Gasteiger partial charge in [0.2, 0.25) is 10.0 Å². The average Bonchev–Trinajstić information content (AvgIpc) is 2.35. The molecule has 0 bridgehead atoms. The quantitative estimate of drug-likeness (QED) is 0.819. The Bertz CT molecular complexity index is 636. The molecule has 0 aliphatic carbocycles. The molecule has 1 aromatic carbocycles. The van der Waals surface area contributed by atoms with Gasteiger partial charge in [-0.25, -0.2) is 17.6 Å². The number of carbonyl (C=O) groups excluding carboxylic acids is 1. The Balaban J connectivity index is 3.37. The summed E-state index contributed by atoms with van der Waals surface area (Å²) in [6, 6.07) is 2.77. The zero-order valence-electron chi connectivity index (χ0n) is 12.3. The highest BCUT2D eigenvalue weighted by atomic mass is 32.2. The predicted molar refractivity (Wildman–Crippen MR) is 73.9 cm³/mol. The number of methoxy groups -OCH3 is 1. The van der Waals surface area contributed by atoms with E-state index >= 15 is 0 Å². The van der Waals surface area contributed by atoms with Gasteiger partial charge in [-0.3, -0.25) is 0 Å². The van der Waals surface area contributed by atoms with E-state index in [1.54, 1.807) is 0 Å². The zero-order chi connectivity index (χ0) is 16.4. The molecule has 0 aromatic heterocycles. The highest BCUT2D eigenvalue weighted by molar-refractivity contribution is 7.89. The molecule has 0 aliphatic rings. The van der Waals surface area contributed by atoms with Gasteiger partial charge in [-0.2, -0.15) is 4.31 Å². The molecule has 1 N–H and O–H groups in total. The molecule has 1 rings (SSSR count). The fourth-order valence-corrected chi connectivity index (χ4v) is 3.30. The van der Waals surface area contributed by atoms with Crippen LogP contribution in [0.15, 0.2) is 23.1 Å². The maximum Gasteiger partial charge on any atom is 0.339 e. The van der Waals surface area contributed by atoms with Crippen molar-refractivity contribution in [2.45, 2.75) is 24.3 Å². The van der Waals surface area contributed by atoms with Gasteiger partial charge in [0.05, 0.1) is 23.2 Å². The number of rotatable bonds is 5.